The molecule has 1 rings (SSSR count). The summed E-state index contributed by atoms with van der Waals surface area (Å²) < 4.78 is 0. The number of carboxylic acid groups (broad SMARTS) is 1. The van der Waals surface area contributed by atoms with Crippen LogP contribution in [0.5, 0.6) is 0 Å². The molecule has 1 aromatic rings. The fourth-order valence-corrected chi connectivity index (χ4v) is 1.98. The van der Waals surface area contributed by atoms with Crippen LogP contribution < -0.4 is 10.6 Å². The van der Waals surface area contributed by atoms with Crippen LogP contribution in [-0.4, -0.2) is 23.7 Å². The number of amides is 2. The second kappa shape index (κ2) is 8.29. The van der Waals surface area contributed by atoms with Gasteiger partial charge in [-0.1, -0.05) is 19.1 Å². The first-order chi connectivity index (χ1) is 9.88. The molecule has 0 fully saturated rings. The van der Waals surface area contributed by atoms with E-state index in [-0.39, 0.29) is 18.4 Å². The lowest BCUT2D eigenvalue weighted by molar-refractivity contribution is -0.137. The van der Waals surface area contributed by atoms with Crippen LogP contribution in [0.4, 0.5) is 10.5 Å². The highest BCUT2D eigenvalue weighted by atomic mass is 16.4. The fourth-order valence-electron chi connectivity index (χ4n) is 1.98. The van der Waals surface area contributed by atoms with Gasteiger partial charge in [-0.25, -0.2) is 4.79 Å². The lowest BCUT2D eigenvalue weighted by atomic mass is 10.0. The van der Waals surface area contributed by atoms with E-state index in [2.05, 4.69) is 10.6 Å². The smallest absolute Gasteiger partial charge is 0.319 e. The maximum Gasteiger partial charge on any atom is 0.319 e. The molecule has 2 amide bonds. The first-order valence-corrected chi connectivity index (χ1v) is 7.22. The van der Waals surface area contributed by atoms with Crippen molar-refractivity contribution in [2.75, 3.05) is 11.9 Å². The normalized spacial score (nSPS) is 11.8. The molecule has 5 heteroatoms. The Kier molecular flexibility index (Phi) is 6.72. The van der Waals surface area contributed by atoms with Crippen molar-refractivity contribution >= 4 is 17.7 Å². The van der Waals surface area contributed by atoms with E-state index in [1.54, 1.807) is 0 Å². The molecule has 0 aliphatic rings. The molecule has 116 valence electrons. The number of benzene rings is 1. The van der Waals surface area contributed by atoms with Crippen LogP contribution in [0.2, 0.25) is 0 Å². The number of aliphatic carboxylic acids is 1. The molecule has 0 aromatic heterocycles. The number of aryl methyl sites for hydroxylation is 2. The Hall–Kier alpha value is -2.04. The van der Waals surface area contributed by atoms with E-state index in [1.807, 2.05) is 39.0 Å². The Bertz CT molecular complexity index is 500. The average Bonchev–Trinajstić information content (AvgIpc) is 2.40. The summed E-state index contributed by atoms with van der Waals surface area (Å²) in [4.78, 5) is 22.3. The summed E-state index contributed by atoms with van der Waals surface area (Å²) in [5.41, 5.74) is 2.93. The second-order valence-corrected chi connectivity index (χ2v) is 5.53. The molecule has 3 N–H and O–H groups in total. The number of urea groups is 1. The Morgan fingerprint density at radius 2 is 1.95 bits per heavy atom. The molecule has 0 aliphatic heterocycles. The zero-order valence-corrected chi connectivity index (χ0v) is 12.9. The summed E-state index contributed by atoms with van der Waals surface area (Å²) in [6.07, 6.45) is 1.58. The van der Waals surface area contributed by atoms with Crippen molar-refractivity contribution in [3.05, 3.63) is 29.3 Å². The molecule has 0 saturated carbocycles. The molecular formula is C16H24N2O3. The molecule has 1 aromatic carbocycles. The van der Waals surface area contributed by atoms with Gasteiger partial charge < -0.3 is 15.7 Å². The van der Waals surface area contributed by atoms with Crippen molar-refractivity contribution < 1.29 is 14.7 Å². The van der Waals surface area contributed by atoms with Crippen molar-refractivity contribution in [2.24, 2.45) is 5.92 Å². The fraction of sp³-hybridized carbons (Fsp3) is 0.500. The summed E-state index contributed by atoms with van der Waals surface area (Å²) in [5.74, 6) is -0.496. The third kappa shape index (κ3) is 6.79. The quantitative estimate of drug-likeness (QED) is 0.721. The maximum absolute atomic E-state index is 11.8. The van der Waals surface area contributed by atoms with Crippen LogP contribution in [-0.2, 0) is 4.79 Å². The van der Waals surface area contributed by atoms with Gasteiger partial charge in [0.25, 0.3) is 0 Å². The van der Waals surface area contributed by atoms with Crippen molar-refractivity contribution in [2.45, 2.75) is 40.0 Å². The number of carbonyl (C=O) groups excluding carboxylic acids is 1. The van der Waals surface area contributed by atoms with Gasteiger partial charge in [0, 0.05) is 18.7 Å². The Balaban J connectivity index is 2.31. The molecule has 1 atom stereocenters. The second-order valence-electron chi connectivity index (χ2n) is 5.53. The largest absolute Gasteiger partial charge is 0.481 e. The van der Waals surface area contributed by atoms with E-state index in [0.29, 0.717) is 13.0 Å². The lowest BCUT2D eigenvalue weighted by Gasteiger charge is -2.13. The van der Waals surface area contributed by atoms with Crippen LogP contribution in [0.25, 0.3) is 0 Å². The molecule has 0 radical (unpaired) electrons. The van der Waals surface area contributed by atoms with Crippen molar-refractivity contribution in [1.29, 1.82) is 0 Å². The molecule has 21 heavy (non-hydrogen) atoms. The molecule has 0 aliphatic carbocycles. The third-order valence-electron chi connectivity index (χ3n) is 3.41. The first-order valence-electron chi connectivity index (χ1n) is 7.22. The highest BCUT2D eigenvalue weighted by Crippen LogP contribution is 2.16. The van der Waals surface area contributed by atoms with Crippen molar-refractivity contribution in [1.82, 2.24) is 5.32 Å². The average molecular weight is 292 g/mol. The van der Waals surface area contributed by atoms with Crippen LogP contribution in [0.15, 0.2) is 18.2 Å². The van der Waals surface area contributed by atoms with E-state index in [0.717, 1.165) is 23.2 Å². The minimum atomic E-state index is -0.775. The first kappa shape index (κ1) is 17.0. The number of carbonyl (C=O) groups is 2. The van der Waals surface area contributed by atoms with Gasteiger partial charge in [-0.05, 0) is 49.8 Å². The number of anilines is 1. The van der Waals surface area contributed by atoms with Crippen LogP contribution in [0, 0.1) is 19.8 Å². The van der Waals surface area contributed by atoms with E-state index in [9.17, 15) is 9.59 Å². The van der Waals surface area contributed by atoms with Crippen LogP contribution in [0.3, 0.4) is 0 Å². The Labute approximate surface area is 125 Å². The molecular weight excluding hydrogens is 268 g/mol. The van der Waals surface area contributed by atoms with Gasteiger partial charge in [0.15, 0.2) is 0 Å². The number of nitrogens with one attached hydrogen (secondary N) is 2. The Morgan fingerprint density at radius 3 is 2.62 bits per heavy atom. The number of hydrogen-bond acceptors (Lipinski definition) is 2. The highest BCUT2D eigenvalue weighted by Gasteiger charge is 2.07. The zero-order valence-electron chi connectivity index (χ0n) is 12.9. The van der Waals surface area contributed by atoms with Gasteiger partial charge in [-0.2, -0.15) is 0 Å². The Morgan fingerprint density at radius 1 is 1.24 bits per heavy atom. The lowest BCUT2D eigenvalue weighted by Crippen LogP contribution is -2.30. The summed E-state index contributed by atoms with van der Waals surface area (Å²) in [5, 5.41) is 14.2. The van der Waals surface area contributed by atoms with Crippen molar-refractivity contribution in [3.63, 3.8) is 0 Å². The summed E-state index contributed by atoms with van der Waals surface area (Å²) in [6.45, 7) is 6.46. The predicted molar refractivity (Wildman–Crippen MR) is 83.6 cm³/mol. The van der Waals surface area contributed by atoms with Gasteiger partial charge in [-0.15, -0.1) is 0 Å². The predicted octanol–water partition coefficient (Wildman–Crippen LogP) is 3.32. The SMILES string of the molecule is Cc1ccc(C)c(NC(=O)NCCC(C)CCC(=O)O)c1. The van der Waals surface area contributed by atoms with Crippen LogP contribution >= 0.6 is 0 Å². The minimum absolute atomic E-state index is 0.176. The van der Waals surface area contributed by atoms with E-state index in [4.69, 9.17) is 5.11 Å². The number of hydrogen-bond donors (Lipinski definition) is 3. The van der Waals surface area contributed by atoms with Gasteiger partial charge in [0.2, 0.25) is 0 Å². The third-order valence-corrected chi connectivity index (χ3v) is 3.41. The van der Waals surface area contributed by atoms with Gasteiger partial charge >= 0.3 is 12.0 Å². The number of carboxylic acids is 1. The van der Waals surface area contributed by atoms with E-state index in [1.165, 1.54) is 0 Å². The topological polar surface area (TPSA) is 78.4 Å². The monoisotopic (exact) mass is 292 g/mol. The maximum atomic E-state index is 11.8. The molecule has 1 unspecified atom stereocenters. The summed E-state index contributed by atoms with van der Waals surface area (Å²) in [6, 6.07) is 5.68. The summed E-state index contributed by atoms with van der Waals surface area (Å²) >= 11 is 0. The van der Waals surface area contributed by atoms with Crippen LogP contribution in [0.1, 0.15) is 37.3 Å². The highest BCUT2D eigenvalue weighted by molar-refractivity contribution is 5.90. The molecule has 5 nitrogen and oxygen atoms in total. The van der Waals surface area contributed by atoms with Gasteiger partial charge in [0.05, 0.1) is 0 Å². The molecule has 0 spiro atoms. The molecule has 0 heterocycles. The van der Waals surface area contributed by atoms with Crippen molar-refractivity contribution in [3.8, 4) is 0 Å². The minimum Gasteiger partial charge on any atom is -0.481 e. The molecule has 0 saturated heterocycles. The molecule has 0 bridgehead atoms. The van der Waals surface area contributed by atoms with Gasteiger partial charge in [0.1, 0.15) is 0 Å². The van der Waals surface area contributed by atoms with Gasteiger partial charge in [-0.3, -0.25) is 4.79 Å². The standard InChI is InChI=1S/C16H24N2O3/c1-11(5-7-15(19)20)8-9-17-16(21)18-14-10-12(2)4-6-13(14)3/h4,6,10-11H,5,7-9H2,1-3H3,(H,19,20)(H2,17,18,21). The van der Waals surface area contributed by atoms with E-state index >= 15 is 0 Å². The summed E-state index contributed by atoms with van der Waals surface area (Å²) in [7, 11) is 0. The zero-order chi connectivity index (χ0) is 15.8. The van der Waals surface area contributed by atoms with E-state index < -0.39 is 5.97 Å². The number of rotatable bonds is 7.